The highest BCUT2D eigenvalue weighted by atomic mass is 35.5. The average Bonchev–Trinajstić information content (AvgIpc) is 2.20. The summed E-state index contributed by atoms with van der Waals surface area (Å²) in [6, 6.07) is 7.75. The highest BCUT2D eigenvalue weighted by molar-refractivity contribution is 6.33. The van der Waals surface area contributed by atoms with E-state index < -0.39 is 0 Å². The molecule has 0 bridgehead atoms. The molecule has 0 unspecified atom stereocenters. The van der Waals surface area contributed by atoms with Crippen LogP contribution in [0.5, 0.6) is 0 Å². The minimum Gasteiger partial charge on any atom is -0.340 e. The van der Waals surface area contributed by atoms with Crippen molar-refractivity contribution in [3.8, 4) is 0 Å². The maximum atomic E-state index is 5.99. The third-order valence-electron chi connectivity index (χ3n) is 2.10. The Morgan fingerprint density at radius 2 is 2.07 bits per heavy atom. The van der Waals surface area contributed by atoms with Crippen LogP contribution in [-0.2, 0) is 0 Å². The third kappa shape index (κ3) is 4.96. The van der Waals surface area contributed by atoms with Crippen LogP contribution in [-0.4, -0.2) is 33.4 Å². The van der Waals surface area contributed by atoms with E-state index in [1.54, 1.807) is 0 Å². The van der Waals surface area contributed by atoms with Crippen molar-refractivity contribution in [2.45, 2.75) is 6.42 Å². The van der Waals surface area contributed by atoms with Crippen molar-refractivity contribution in [3.05, 3.63) is 34.9 Å². The number of nitrogens with zero attached hydrogens (tertiary/aromatic N) is 1. The fourth-order valence-electron chi connectivity index (χ4n) is 1.27. The van der Waals surface area contributed by atoms with E-state index in [2.05, 4.69) is 19.1 Å². The topological polar surface area (TPSA) is 16.8 Å². The predicted molar refractivity (Wildman–Crippen MR) is 66.2 cm³/mol. The molecule has 0 aliphatic rings. The zero-order valence-electron chi connectivity index (χ0n) is 9.33. The fraction of sp³-hybridized carbons (Fsp3) is 0.417. The molecule has 82 valence electrons. The van der Waals surface area contributed by atoms with Gasteiger partial charge in [-0.1, -0.05) is 29.8 Å². The van der Waals surface area contributed by atoms with Gasteiger partial charge in [-0.25, -0.2) is 0 Å². The van der Waals surface area contributed by atoms with Gasteiger partial charge in [0.05, 0.1) is 20.6 Å². The molecule has 0 radical (unpaired) electrons. The van der Waals surface area contributed by atoms with Gasteiger partial charge in [-0.15, -0.1) is 0 Å². The smallest absolute Gasteiger partial charge is 0.0784 e. The second-order valence-corrected chi connectivity index (χ2v) is 4.27. The lowest BCUT2D eigenvalue weighted by Gasteiger charge is -2.04. The fourth-order valence-corrected chi connectivity index (χ4v) is 1.45. The Morgan fingerprint density at radius 3 is 2.73 bits per heavy atom. The lowest BCUT2D eigenvalue weighted by molar-refractivity contribution is -0.858. The Morgan fingerprint density at radius 1 is 1.33 bits per heavy atom. The first-order chi connectivity index (χ1) is 7.20. The van der Waals surface area contributed by atoms with Crippen LogP contribution in [0.15, 0.2) is 29.3 Å². The predicted octanol–water partition coefficient (Wildman–Crippen LogP) is 1.29. The molecule has 1 N–H and O–H groups in total. The van der Waals surface area contributed by atoms with Gasteiger partial charge >= 0.3 is 0 Å². The Balaban J connectivity index is 2.35. The van der Waals surface area contributed by atoms with Gasteiger partial charge in [-0.2, -0.15) is 0 Å². The van der Waals surface area contributed by atoms with Crippen molar-refractivity contribution >= 4 is 17.8 Å². The molecule has 2 nitrogen and oxygen atoms in total. The van der Waals surface area contributed by atoms with Crippen molar-refractivity contribution in [1.82, 2.24) is 0 Å². The summed E-state index contributed by atoms with van der Waals surface area (Å²) in [5.41, 5.74) is 0.997. The number of quaternary nitrogens is 1. The van der Waals surface area contributed by atoms with Crippen LogP contribution in [0, 0.1) is 0 Å². The summed E-state index contributed by atoms with van der Waals surface area (Å²) in [6.07, 6.45) is 2.97. The van der Waals surface area contributed by atoms with Crippen LogP contribution in [0.4, 0.5) is 0 Å². The molecule has 0 saturated carbocycles. The van der Waals surface area contributed by atoms with E-state index in [0.717, 1.165) is 30.1 Å². The van der Waals surface area contributed by atoms with Crippen LogP contribution in [0.1, 0.15) is 12.0 Å². The summed E-state index contributed by atoms with van der Waals surface area (Å²) < 4.78 is 0. The molecule has 0 saturated heterocycles. The van der Waals surface area contributed by atoms with Gasteiger partial charge in [-0.3, -0.25) is 4.99 Å². The molecule has 1 aromatic rings. The molecule has 0 aliphatic heterocycles. The first-order valence-corrected chi connectivity index (χ1v) is 5.61. The van der Waals surface area contributed by atoms with Crippen molar-refractivity contribution in [3.63, 3.8) is 0 Å². The molecule has 0 amide bonds. The van der Waals surface area contributed by atoms with E-state index >= 15 is 0 Å². The Kier molecular flexibility index (Phi) is 5.37. The first-order valence-electron chi connectivity index (χ1n) is 5.23. The van der Waals surface area contributed by atoms with E-state index in [1.807, 2.05) is 30.5 Å². The summed E-state index contributed by atoms with van der Waals surface area (Å²) in [4.78, 5) is 5.81. The van der Waals surface area contributed by atoms with Gasteiger partial charge < -0.3 is 4.90 Å². The number of hydrogen-bond acceptors (Lipinski definition) is 1. The van der Waals surface area contributed by atoms with Crippen LogP contribution in [0.2, 0.25) is 5.02 Å². The van der Waals surface area contributed by atoms with Gasteiger partial charge in [0.25, 0.3) is 0 Å². The summed E-state index contributed by atoms with van der Waals surface area (Å²) in [7, 11) is 4.30. The minimum atomic E-state index is 0.763. The molecule has 3 heteroatoms. The summed E-state index contributed by atoms with van der Waals surface area (Å²) in [6.45, 7) is 2.02. The molecule has 15 heavy (non-hydrogen) atoms. The second kappa shape index (κ2) is 6.59. The molecule has 0 fully saturated rings. The van der Waals surface area contributed by atoms with Crippen LogP contribution >= 0.6 is 11.6 Å². The molecular formula is C12H18ClN2+. The lowest BCUT2D eigenvalue weighted by atomic mass is 10.2. The molecule has 0 spiro atoms. The third-order valence-corrected chi connectivity index (χ3v) is 2.44. The quantitative estimate of drug-likeness (QED) is 0.575. The minimum absolute atomic E-state index is 0.763. The van der Waals surface area contributed by atoms with Crippen molar-refractivity contribution in [1.29, 1.82) is 0 Å². The van der Waals surface area contributed by atoms with Crippen LogP contribution in [0.3, 0.4) is 0 Å². The number of halogens is 1. The normalized spacial score (nSPS) is 11.5. The second-order valence-electron chi connectivity index (χ2n) is 3.87. The summed E-state index contributed by atoms with van der Waals surface area (Å²) in [5.74, 6) is 0. The standard InChI is InChI=1S/C12H17ClN2/c1-15(2)9-5-8-14-10-11-6-3-4-7-12(11)13/h3-4,6-7,10H,5,8-9H2,1-2H3/p+1. The van der Waals surface area contributed by atoms with E-state index in [0.29, 0.717) is 0 Å². The van der Waals surface area contributed by atoms with Gasteiger partial charge in [-0.05, 0) is 6.07 Å². The summed E-state index contributed by atoms with van der Waals surface area (Å²) in [5, 5.41) is 0.763. The highest BCUT2D eigenvalue weighted by Crippen LogP contribution is 2.12. The van der Waals surface area contributed by atoms with E-state index in [9.17, 15) is 0 Å². The van der Waals surface area contributed by atoms with Gasteiger partial charge in [0.15, 0.2) is 0 Å². The van der Waals surface area contributed by atoms with Gasteiger partial charge in [0, 0.05) is 29.8 Å². The number of nitrogens with one attached hydrogen (secondary N) is 1. The molecular weight excluding hydrogens is 208 g/mol. The molecule has 1 aromatic carbocycles. The number of benzene rings is 1. The molecule has 0 aromatic heterocycles. The Hall–Kier alpha value is -0.860. The van der Waals surface area contributed by atoms with Crippen molar-refractivity contribution in [2.24, 2.45) is 4.99 Å². The van der Waals surface area contributed by atoms with Crippen LogP contribution in [0.25, 0.3) is 0 Å². The Labute approximate surface area is 96.6 Å². The molecule has 0 heterocycles. The lowest BCUT2D eigenvalue weighted by Crippen LogP contribution is -3.05. The van der Waals surface area contributed by atoms with Gasteiger partial charge in [0.2, 0.25) is 0 Å². The number of hydrogen-bond donors (Lipinski definition) is 1. The molecule has 0 atom stereocenters. The summed E-state index contributed by atoms with van der Waals surface area (Å²) >= 11 is 5.99. The highest BCUT2D eigenvalue weighted by Gasteiger charge is 1.94. The zero-order chi connectivity index (χ0) is 11.1. The molecule has 1 rings (SSSR count). The Bertz CT molecular complexity index is 321. The van der Waals surface area contributed by atoms with E-state index in [4.69, 9.17) is 11.6 Å². The van der Waals surface area contributed by atoms with Crippen LogP contribution < -0.4 is 4.90 Å². The first kappa shape index (κ1) is 12.2. The average molecular weight is 226 g/mol. The maximum Gasteiger partial charge on any atom is 0.0784 e. The zero-order valence-corrected chi connectivity index (χ0v) is 10.1. The van der Waals surface area contributed by atoms with E-state index in [-0.39, 0.29) is 0 Å². The van der Waals surface area contributed by atoms with E-state index in [1.165, 1.54) is 4.90 Å². The SMILES string of the molecule is C[NH+](C)CCCN=Cc1ccccc1Cl. The monoisotopic (exact) mass is 225 g/mol. The number of rotatable bonds is 5. The van der Waals surface area contributed by atoms with Crippen molar-refractivity contribution < 1.29 is 4.90 Å². The van der Waals surface area contributed by atoms with Crippen molar-refractivity contribution in [2.75, 3.05) is 27.2 Å². The largest absolute Gasteiger partial charge is 0.340 e. The maximum absolute atomic E-state index is 5.99. The number of aliphatic imine (C=N–C) groups is 1. The van der Waals surface area contributed by atoms with Gasteiger partial charge in [0.1, 0.15) is 0 Å². The molecule has 0 aliphatic carbocycles.